The van der Waals surface area contributed by atoms with Gasteiger partial charge in [-0.2, -0.15) is 0 Å². The lowest BCUT2D eigenvalue weighted by atomic mass is 10.2. The SMILES string of the molecule is COc1ccc(NCc2ccc([Si](C)(C)C)cc2)cc1Cl. The van der Waals surface area contributed by atoms with Crippen LogP contribution in [0.3, 0.4) is 0 Å². The number of rotatable bonds is 5. The summed E-state index contributed by atoms with van der Waals surface area (Å²) in [6.07, 6.45) is 0. The van der Waals surface area contributed by atoms with Crippen molar-refractivity contribution in [1.29, 1.82) is 0 Å². The van der Waals surface area contributed by atoms with Crippen LogP contribution in [0.2, 0.25) is 24.7 Å². The Morgan fingerprint density at radius 1 is 1.05 bits per heavy atom. The third-order valence-electron chi connectivity index (χ3n) is 3.47. The van der Waals surface area contributed by atoms with Gasteiger partial charge in [0.05, 0.1) is 20.2 Å². The molecule has 0 bridgehead atoms. The summed E-state index contributed by atoms with van der Waals surface area (Å²) >= 11 is 6.12. The molecule has 0 aliphatic heterocycles. The molecule has 0 fully saturated rings. The van der Waals surface area contributed by atoms with Gasteiger partial charge in [-0.05, 0) is 23.8 Å². The van der Waals surface area contributed by atoms with E-state index in [1.807, 2.05) is 18.2 Å². The smallest absolute Gasteiger partial charge is 0.137 e. The summed E-state index contributed by atoms with van der Waals surface area (Å²) in [5, 5.41) is 5.49. The van der Waals surface area contributed by atoms with Gasteiger partial charge in [-0.15, -0.1) is 0 Å². The molecule has 0 saturated heterocycles. The van der Waals surface area contributed by atoms with Crippen LogP contribution in [0.25, 0.3) is 0 Å². The Morgan fingerprint density at radius 2 is 1.71 bits per heavy atom. The molecule has 2 nitrogen and oxygen atoms in total. The number of methoxy groups -OCH3 is 1. The highest BCUT2D eigenvalue weighted by Gasteiger charge is 2.15. The molecule has 0 aromatic heterocycles. The quantitative estimate of drug-likeness (QED) is 0.819. The minimum Gasteiger partial charge on any atom is -0.495 e. The Kier molecular flexibility index (Phi) is 4.96. The highest BCUT2D eigenvalue weighted by atomic mass is 35.5. The lowest BCUT2D eigenvalue weighted by Crippen LogP contribution is -2.37. The van der Waals surface area contributed by atoms with E-state index < -0.39 is 8.07 Å². The van der Waals surface area contributed by atoms with Crippen molar-refractivity contribution in [2.75, 3.05) is 12.4 Å². The van der Waals surface area contributed by atoms with E-state index >= 15 is 0 Å². The molecule has 0 atom stereocenters. The molecule has 112 valence electrons. The highest BCUT2D eigenvalue weighted by molar-refractivity contribution is 6.88. The van der Waals surface area contributed by atoms with Crippen molar-refractivity contribution < 1.29 is 4.74 Å². The fraction of sp³-hybridized carbons (Fsp3) is 0.294. The molecular formula is C17H22ClNOSi. The van der Waals surface area contributed by atoms with Crippen molar-refractivity contribution in [3.05, 3.63) is 53.1 Å². The van der Waals surface area contributed by atoms with E-state index in [4.69, 9.17) is 16.3 Å². The van der Waals surface area contributed by atoms with E-state index in [-0.39, 0.29) is 0 Å². The molecule has 21 heavy (non-hydrogen) atoms. The zero-order valence-corrected chi connectivity index (χ0v) is 14.8. The summed E-state index contributed by atoms with van der Waals surface area (Å²) in [7, 11) is 0.407. The van der Waals surface area contributed by atoms with Crippen LogP contribution in [-0.2, 0) is 6.54 Å². The topological polar surface area (TPSA) is 21.3 Å². The van der Waals surface area contributed by atoms with Gasteiger partial charge in [0, 0.05) is 12.2 Å². The lowest BCUT2D eigenvalue weighted by Gasteiger charge is -2.17. The van der Waals surface area contributed by atoms with Crippen LogP contribution in [0.15, 0.2) is 42.5 Å². The number of benzene rings is 2. The zero-order chi connectivity index (χ0) is 15.5. The number of hydrogen-bond donors (Lipinski definition) is 1. The molecule has 2 aromatic rings. The van der Waals surface area contributed by atoms with Crippen molar-refractivity contribution in [2.24, 2.45) is 0 Å². The maximum atomic E-state index is 6.12. The molecule has 2 aromatic carbocycles. The summed E-state index contributed by atoms with van der Waals surface area (Å²) in [6.45, 7) is 7.87. The molecule has 0 aliphatic carbocycles. The molecule has 2 rings (SSSR count). The Labute approximate surface area is 133 Å². The minimum absolute atomic E-state index is 0.622. The summed E-state index contributed by atoms with van der Waals surface area (Å²) in [5.41, 5.74) is 2.26. The van der Waals surface area contributed by atoms with Gasteiger partial charge in [0.25, 0.3) is 0 Å². The average Bonchev–Trinajstić information content (AvgIpc) is 2.45. The van der Waals surface area contributed by atoms with Gasteiger partial charge >= 0.3 is 0 Å². The van der Waals surface area contributed by atoms with Crippen molar-refractivity contribution in [3.8, 4) is 5.75 Å². The molecule has 4 heteroatoms. The largest absolute Gasteiger partial charge is 0.495 e. The van der Waals surface area contributed by atoms with Gasteiger partial charge in [0.2, 0.25) is 0 Å². The van der Waals surface area contributed by atoms with E-state index in [1.165, 1.54) is 10.8 Å². The first-order valence-corrected chi connectivity index (χ1v) is 10.9. The fourth-order valence-corrected chi connectivity index (χ4v) is 3.53. The average molecular weight is 320 g/mol. The molecule has 1 N–H and O–H groups in total. The first kappa shape index (κ1) is 15.9. The van der Waals surface area contributed by atoms with Crippen LogP contribution >= 0.6 is 11.6 Å². The van der Waals surface area contributed by atoms with Crippen LogP contribution in [0, 0.1) is 0 Å². The Hall–Kier alpha value is -1.45. The van der Waals surface area contributed by atoms with Crippen LogP contribution in [-0.4, -0.2) is 15.2 Å². The van der Waals surface area contributed by atoms with Gasteiger partial charge in [-0.3, -0.25) is 0 Å². The van der Waals surface area contributed by atoms with Crippen LogP contribution in [0.5, 0.6) is 5.75 Å². The monoisotopic (exact) mass is 319 g/mol. The van der Waals surface area contributed by atoms with E-state index in [1.54, 1.807) is 7.11 Å². The molecule has 0 unspecified atom stereocenters. The minimum atomic E-state index is -1.21. The standard InChI is InChI=1S/C17H22ClNOSi/c1-20-17-10-7-14(11-16(17)18)19-12-13-5-8-15(9-6-13)21(2,3)4/h5-11,19H,12H2,1-4H3. The molecular weight excluding hydrogens is 298 g/mol. The van der Waals surface area contributed by atoms with Crippen molar-refractivity contribution in [2.45, 2.75) is 26.2 Å². The van der Waals surface area contributed by atoms with Gasteiger partial charge < -0.3 is 10.1 Å². The van der Waals surface area contributed by atoms with Crippen molar-refractivity contribution in [3.63, 3.8) is 0 Å². The predicted octanol–water partition coefficient (Wildman–Crippen LogP) is 4.51. The molecule has 0 saturated carbocycles. The molecule has 0 heterocycles. The maximum absolute atomic E-state index is 6.12. The van der Waals surface area contributed by atoms with Gasteiger partial charge in [-0.1, -0.05) is 60.7 Å². The van der Waals surface area contributed by atoms with E-state index in [0.29, 0.717) is 10.8 Å². The highest BCUT2D eigenvalue weighted by Crippen LogP contribution is 2.27. The molecule has 0 spiro atoms. The van der Waals surface area contributed by atoms with Crippen LogP contribution in [0.1, 0.15) is 5.56 Å². The first-order valence-electron chi connectivity index (χ1n) is 7.07. The first-order chi connectivity index (χ1) is 9.90. The molecule has 0 aliphatic rings. The van der Waals surface area contributed by atoms with Crippen LogP contribution < -0.4 is 15.2 Å². The van der Waals surface area contributed by atoms with Crippen molar-refractivity contribution in [1.82, 2.24) is 0 Å². The number of halogens is 1. The summed E-state index contributed by atoms with van der Waals surface area (Å²) in [5.74, 6) is 0.696. The third-order valence-corrected chi connectivity index (χ3v) is 5.83. The molecule has 0 amide bonds. The second-order valence-electron chi connectivity index (χ2n) is 6.15. The van der Waals surface area contributed by atoms with Crippen molar-refractivity contribution >= 4 is 30.5 Å². The number of hydrogen-bond acceptors (Lipinski definition) is 2. The van der Waals surface area contributed by atoms with E-state index in [0.717, 1.165) is 12.2 Å². The second kappa shape index (κ2) is 6.54. The Balaban J connectivity index is 2.01. The third kappa shape index (κ3) is 4.25. The number of nitrogens with one attached hydrogen (secondary N) is 1. The number of anilines is 1. The summed E-state index contributed by atoms with van der Waals surface area (Å²) < 4.78 is 5.15. The predicted molar refractivity (Wildman–Crippen MR) is 94.8 cm³/mol. The second-order valence-corrected chi connectivity index (χ2v) is 11.6. The Bertz CT molecular complexity index is 605. The van der Waals surface area contributed by atoms with Gasteiger partial charge in [0.1, 0.15) is 5.75 Å². The normalized spacial score (nSPS) is 11.3. The Morgan fingerprint density at radius 3 is 2.24 bits per heavy atom. The van der Waals surface area contributed by atoms with Gasteiger partial charge in [-0.25, -0.2) is 0 Å². The molecule has 0 radical (unpaired) electrons. The lowest BCUT2D eigenvalue weighted by molar-refractivity contribution is 0.415. The number of ether oxygens (including phenoxy) is 1. The van der Waals surface area contributed by atoms with E-state index in [2.05, 4.69) is 49.2 Å². The van der Waals surface area contributed by atoms with Crippen LogP contribution in [0.4, 0.5) is 5.69 Å². The van der Waals surface area contributed by atoms with Gasteiger partial charge in [0.15, 0.2) is 0 Å². The summed E-state index contributed by atoms with van der Waals surface area (Å²) in [4.78, 5) is 0. The fourth-order valence-electron chi connectivity index (χ4n) is 2.10. The zero-order valence-electron chi connectivity index (χ0n) is 13.0. The van der Waals surface area contributed by atoms with E-state index in [9.17, 15) is 0 Å². The maximum Gasteiger partial charge on any atom is 0.137 e. The summed E-state index contributed by atoms with van der Waals surface area (Å²) in [6, 6.07) is 14.6.